The van der Waals surface area contributed by atoms with Crippen molar-refractivity contribution in [3.63, 3.8) is 0 Å². The van der Waals surface area contributed by atoms with E-state index in [0.29, 0.717) is 6.16 Å². The number of fused-ring (bicyclic) bond motifs is 4. The molecule has 0 saturated heterocycles. The van der Waals surface area contributed by atoms with Gasteiger partial charge in [0, 0.05) is 16.7 Å². The lowest BCUT2D eigenvalue weighted by molar-refractivity contribution is 0.479. The van der Waals surface area contributed by atoms with Gasteiger partial charge in [-0.1, -0.05) is 165 Å². The first-order valence-electron chi connectivity index (χ1n) is 20.4. The standard InChI is InChI=1S/C51H62O4P2/c1-47(2,3)32-24-25-43-44(30-32)53-56(52-43)31-39-37(26-33(48(4,5)6)28-40(39)50(10,11)12)38-27-34(49(7,8)9)29-41(51(13,14)15)46(38)55-57-45-23-19-17-21-36(45)35-20-16-18-22-42(35)54-57/h16-30H,31H2,1-15H3. The molecule has 57 heavy (non-hydrogen) atoms. The summed E-state index contributed by atoms with van der Waals surface area (Å²) in [6.45, 7) is 34.4. The fourth-order valence-electron chi connectivity index (χ4n) is 7.57. The molecule has 5 aromatic rings. The Morgan fingerprint density at radius 2 is 0.982 bits per heavy atom. The van der Waals surface area contributed by atoms with Gasteiger partial charge in [0.2, 0.25) is 0 Å². The number of hydrogen-bond donors (Lipinski definition) is 0. The first kappa shape index (κ1) is 41.3. The van der Waals surface area contributed by atoms with E-state index < -0.39 is 16.8 Å². The molecule has 5 aromatic carbocycles. The van der Waals surface area contributed by atoms with Crippen LogP contribution < -0.4 is 23.4 Å². The van der Waals surface area contributed by atoms with Gasteiger partial charge in [0.1, 0.15) is 11.5 Å². The Balaban J connectivity index is 1.48. The molecule has 0 N–H and O–H groups in total. The van der Waals surface area contributed by atoms with Gasteiger partial charge in [-0.15, -0.1) is 0 Å². The fourth-order valence-corrected chi connectivity index (χ4v) is 10.6. The van der Waals surface area contributed by atoms with E-state index in [1.54, 1.807) is 0 Å². The number of benzene rings is 5. The van der Waals surface area contributed by atoms with Crippen molar-refractivity contribution in [2.24, 2.45) is 0 Å². The summed E-state index contributed by atoms with van der Waals surface area (Å²) in [6.07, 6.45) is 0.632. The predicted octanol–water partition coefficient (Wildman–Crippen LogP) is 15.2. The molecule has 2 aliphatic rings. The lowest BCUT2D eigenvalue weighted by Gasteiger charge is -2.34. The van der Waals surface area contributed by atoms with Gasteiger partial charge in [0.15, 0.2) is 11.5 Å². The van der Waals surface area contributed by atoms with Gasteiger partial charge in [-0.3, -0.25) is 0 Å². The third-order valence-electron chi connectivity index (χ3n) is 11.1. The second-order valence-electron chi connectivity index (χ2n) is 21.0. The van der Waals surface area contributed by atoms with Gasteiger partial charge >= 0.3 is 8.38 Å². The van der Waals surface area contributed by atoms with E-state index in [9.17, 15) is 0 Å². The molecule has 0 radical (unpaired) electrons. The Kier molecular flexibility index (Phi) is 10.5. The summed E-state index contributed by atoms with van der Waals surface area (Å²) >= 11 is 0. The van der Waals surface area contributed by atoms with Gasteiger partial charge in [0.25, 0.3) is 8.38 Å². The van der Waals surface area contributed by atoms with Gasteiger partial charge in [-0.25, -0.2) is 0 Å². The molecule has 0 aliphatic carbocycles. The highest BCUT2D eigenvalue weighted by molar-refractivity contribution is 7.57. The molecule has 2 atom stereocenters. The van der Waals surface area contributed by atoms with E-state index in [-0.39, 0.29) is 27.1 Å². The van der Waals surface area contributed by atoms with Crippen molar-refractivity contribution in [2.45, 2.75) is 137 Å². The van der Waals surface area contributed by atoms with Gasteiger partial charge in [-0.2, -0.15) is 0 Å². The lowest BCUT2D eigenvalue weighted by Crippen LogP contribution is -2.22. The quantitative estimate of drug-likeness (QED) is 0.166. The molecule has 0 saturated carbocycles. The molecule has 2 heterocycles. The van der Waals surface area contributed by atoms with Crippen molar-refractivity contribution in [3.05, 3.63) is 124 Å². The SMILES string of the molecule is CC(C)(C)c1ccc2c(c1)OP(Cc1c(-c3cc(C(C)(C)C)cc(C(C)(C)C)c3OP3Oc4ccccc4-c4ccccc43)cc(C(C)(C)C)cc1C(C)(C)C)O2. The van der Waals surface area contributed by atoms with Crippen molar-refractivity contribution in [1.82, 2.24) is 0 Å². The molecule has 6 heteroatoms. The van der Waals surface area contributed by atoms with E-state index in [2.05, 4.69) is 189 Å². The predicted molar refractivity (Wildman–Crippen MR) is 243 cm³/mol. The minimum atomic E-state index is -1.53. The summed E-state index contributed by atoms with van der Waals surface area (Å²) in [5, 5.41) is 1.08. The van der Waals surface area contributed by atoms with E-state index in [1.165, 1.54) is 33.4 Å². The Morgan fingerprint density at radius 1 is 0.439 bits per heavy atom. The zero-order valence-corrected chi connectivity index (χ0v) is 38.7. The molecule has 0 aromatic heterocycles. The number of hydrogen-bond acceptors (Lipinski definition) is 4. The highest BCUT2D eigenvalue weighted by atomic mass is 31.2. The molecule has 0 fully saturated rings. The van der Waals surface area contributed by atoms with Crippen molar-refractivity contribution in [1.29, 1.82) is 0 Å². The van der Waals surface area contributed by atoms with Crippen LogP contribution in [-0.4, -0.2) is 0 Å². The average Bonchev–Trinajstić information content (AvgIpc) is 3.51. The van der Waals surface area contributed by atoms with E-state index >= 15 is 0 Å². The second kappa shape index (κ2) is 14.5. The van der Waals surface area contributed by atoms with E-state index in [4.69, 9.17) is 18.1 Å². The molecule has 0 amide bonds. The molecule has 2 aliphatic heterocycles. The van der Waals surface area contributed by atoms with Crippen molar-refractivity contribution < 1.29 is 18.1 Å². The lowest BCUT2D eigenvalue weighted by atomic mass is 9.74. The Morgan fingerprint density at radius 3 is 1.60 bits per heavy atom. The fraction of sp³-hybridized carbons (Fsp3) is 0.412. The van der Waals surface area contributed by atoms with Crippen LogP contribution in [0.2, 0.25) is 0 Å². The van der Waals surface area contributed by atoms with Crippen LogP contribution in [-0.2, 0) is 33.2 Å². The third kappa shape index (κ3) is 8.38. The normalized spacial score (nSPS) is 16.8. The largest absolute Gasteiger partial charge is 0.435 e. The number of para-hydroxylation sites is 1. The third-order valence-corrected chi connectivity index (χ3v) is 14.0. The second-order valence-corrected chi connectivity index (χ2v) is 23.7. The van der Waals surface area contributed by atoms with Crippen LogP contribution in [0.3, 0.4) is 0 Å². The number of rotatable bonds is 5. The van der Waals surface area contributed by atoms with Crippen molar-refractivity contribution >= 4 is 22.1 Å². The molecule has 7 rings (SSSR count). The van der Waals surface area contributed by atoms with Crippen LogP contribution in [0.5, 0.6) is 23.0 Å². The zero-order valence-electron chi connectivity index (χ0n) is 36.9. The maximum Gasteiger partial charge on any atom is 0.326 e. The average molecular weight is 801 g/mol. The van der Waals surface area contributed by atoms with Gasteiger partial charge in [0.05, 0.1) is 11.5 Å². The Bertz CT molecular complexity index is 2320. The van der Waals surface area contributed by atoms with Crippen LogP contribution in [0.15, 0.2) is 91.0 Å². The molecular weight excluding hydrogens is 739 g/mol. The van der Waals surface area contributed by atoms with Gasteiger partial charge < -0.3 is 18.1 Å². The van der Waals surface area contributed by atoms with Crippen LogP contribution >= 0.6 is 16.8 Å². The summed E-state index contributed by atoms with van der Waals surface area (Å²) in [6, 6.07) is 33.0. The minimum Gasteiger partial charge on any atom is -0.435 e. The summed E-state index contributed by atoms with van der Waals surface area (Å²) in [7, 11) is -2.85. The van der Waals surface area contributed by atoms with Crippen LogP contribution in [0.4, 0.5) is 0 Å². The molecule has 0 bridgehead atoms. The van der Waals surface area contributed by atoms with E-state index in [1.807, 2.05) is 6.07 Å². The van der Waals surface area contributed by atoms with Crippen LogP contribution in [0, 0.1) is 0 Å². The highest BCUT2D eigenvalue weighted by Crippen LogP contribution is 2.58. The zero-order chi connectivity index (χ0) is 41.5. The Labute approximate surface area is 345 Å². The van der Waals surface area contributed by atoms with Crippen LogP contribution in [0.25, 0.3) is 22.3 Å². The summed E-state index contributed by atoms with van der Waals surface area (Å²) in [5.74, 6) is 3.39. The first-order valence-corrected chi connectivity index (χ1v) is 22.9. The van der Waals surface area contributed by atoms with Crippen LogP contribution in [0.1, 0.15) is 137 Å². The van der Waals surface area contributed by atoms with Gasteiger partial charge in [-0.05, 0) is 96.4 Å². The molecule has 2 unspecified atom stereocenters. The van der Waals surface area contributed by atoms with E-state index in [0.717, 1.165) is 50.6 Å². The topological polar surface area (TPSA) is 36.9 Å². The molecule has 0 spiro atoms. The summed E-state index contributed by atoms with van der Waals surface area (Å²) in [5.41, 5.74) is 11.4. The minimum absolute atomic E-state index is 0.00448. The maximum atomic E-state index is 7.51. The monoisotopic (exact) mass is 800 g/mol. The van der Waals surface area contributed by atoms with Crippen molar-refractivity contribution in [3.8, 4) is 45.3 Å². The smallest absolute Gasteiger partial charge is 0.326 e. The van der Waals surface area contributed by atoms with Crippen molar-refractivity contribution in [2.75, 3.05) is 0 Å². The molecular formula is C51H62O4P2. The summed E-state index contributed by atoms with van der Waals surface area (Å²) < 4.78 is 27.9. The molecule has 4 nitrogen and oxygen atoms in total. The molecule has 300 valence electrons. The highest BCUT2D eigenvalue weighted by Gasteiger charge is 2.37. The Hall–Kier alpha value is -3.84. The first-order chi connectivity index (χ1) is 26.4. The summed E-state index contributed by atoms with van der Waals surface area (Å²) in [4.78, 5) is 0. The maximum absolute atomic E-state index is 7.51.